The normalized spacial score (nSPS) is 7.80. The summed E-state index contributed by atoms with van der Waals surface area (Å²) >= 11 is 0. The average molecular weight is 208 g/mol. The van der Waals surface area contributed by atoms with Gasteiger partial charge < -0.3 is 9.59 Å². The Balaban J connectivity index is 0. The maximum Gasteiger partial charge on any atom is 0.106 e. The third kappa shape index (κ3) is 10.5. The van der Waals surface area contributed by atoms with Crippen LogP contribution in [0.3, 0.4) is 0 Å². The lowest BCUT2D eigenvalue weighted by molar-refractivity contribution is -0.0987. The lowest BCUT2D eigenvalue weighted by Gasteiger charge is -1.98. The van der Waals surface area contributed by atoms with Gasteiger partial charge in [-0.1, -0.05) is 50.1 Å². The first-order chi connectivity index (χ1) is 7.43. The summed E-state index contributed by atoms with van der Waals surface area (Å²) in [5.74, 6) is 0. The van der Waals surface area contributed by atoms with Gasteiger partial charge in [0.25, 0.3) is 0 Å². The minimum absolute atomic E-state index is 1.24. The highest BCUT2D eigenvalue weighted by Gasteiger charge is 1.89. The molecule has 1 aromatic rings. The summed E-state index contributed by atoms with van der Waals surface area (Å²) in [7, 11) is 0. The fraction of sp³-hybridized carbons (Fsp3) is 0.385. The van der Waals surface area contributed by atoms with Crippen LogP contribution in [0.1, 0.15) is 31.7 Å². The van der Waals surface area contributed by atoms with Gasteiger partial charge in [-0.2, -0.15) is 0 Å². The van der Waals surface area contributed by atoms with E-state index in [-0.39, 0.29) is 0 Å². The summed E-state index contributed by atoms with van der Waals surface area (Å²) in [5.41, 5.74) is 1.47. The third-order valence-electron chi connectivity index (χ3n) is 1.91. The van der Waals surface area contributed by atoms with Crippen molar-refractivity contribution in [1.82, 2.24) is 0 Å². The summed E-state index contributed by atoms with van der Waals surface area (Å²) in [4.78, 5) is 16.0. The second-order valence-corrected chi connectivity index (χ2v) is 2.94. The molecule has 0 aliphatic rings. The maximum atomic E-state index is 8.00. The molecule has 0 unspecified atom stereocenters. The third-order valence-corrected chi connectivity index (χ3v) is 1.91. The van der Waals surface area contributed by atoms with E-state index in [1.807, 2.05) is 13.6 Å². The van der Waals surface area contributed by atoms with Crippen molar-refractivity contribution in [2.75, 3.05) is 0 Å². The van der Waals surface area contributed by atoms with Crippen molar-refractivity contribution >= 4 is 13.6 Å². The molecular weight excluding hydrogens is 188 g/mol. The van der Waals surface area contributed by atoms with Crippen LogP contribution in [0.4, 0.5) is 0 Å². The lowest BCUT2D eigenvalue weighted by Crippen LogP contribution is -1.83. The molecule has 0 amide bonds. The van der Waals surface area contributed by atoms with Crippen LogP contribution in [-0.4, -0.2) is 13.6 Å². The number of unbranched alkanes of at least 4 members (excludes halogenated alkanes) is 2. The van der Waals surface area contributed by atoms with Gasteiger partial charge in [0.05, 0.1) is 0 Å². The number of aryl methyl sites for hydroxylation is 1. The van der Waals surface area contributed by atoms with Crippen LogP contribution in [0.2, 0.25) is 0 Å². The van der Waals surface area contributed by atoms with E-state index in [4.69, 9.17) is 9.59 Å². The number of hydrogen-bond donors (Lipinski definition) is 0. The standard InChI is InChI=1S/C11H16.2CH2O/c1-2-3-5-8-11-9-6-4-7-10-11;2*1-2/h4,6-7,9-10H,2-3,5,8H2,1H3;2*1H2. The van der Waals surface area contributed by atoms with Crippen molar-refractivity contribution in [1.29, 1.82) is 0 Å². The van der Waals surface area contributed by atoms with Crippen molar-refractivity contribution in [3.05, 3.63) is 35.9 Å². The summed E-state index contributed by atoms with van der Waals surface area (Å²) in [6, 6.07) is 10.7. The van der Waals surface area contributed by atoms with E-state index in [1.165, 1.54) is 31.2 Å². The molecule has 0 fully saturated rings. The van der Waals surface area contributed by atoms with Crippen molar-refractivity contribution in [2.24, 2.45) is 0 Å². The summed E-state index contributed by atoms with van der Waals surface area (Å²) in [6.45, 7) is 6.24. The zero-order chi connectivity index (χ0) is 11.9. The molecular formula is C13H20O2. The first-order valence-electron chi connectivity index (χ1n) is 5.05. The van der Waals surface area contributed by atoms with E-state index in [0.717, 1.165) is 0 Å². The van der Waals surface area contributed by atoms with Gasteiger partial charge in [-0.15, -0.1) is 0 Å². The van der Waals surface area contributed by atoms with Crippen molar-refractivity contribution < 1.29 is 9.59 Å². The molecule has 0 saturated heterocycles. The fourth-order valence-corrected chi connectivity index (χ4v) is 1.22. The Morgan fingerprint density at radius 3 is 1.93 bits per heavy atom. The average Bonchev–Trinajstić information content (AvgIpc) is 2.36. The van der Waals surface area contributed by atoms with Gasteiger partial charge in [0.1, 0.15) is 13.6 Å². The van der Waals surface area contributed by atoms with Crippen molar-refractivity contribution in [3.8, 4) is 0 Å². The Morgan fingerprint density at radius 1 is 0.933 bits per heavy atom. The van der Waals surface area contributed by atoms with Crippen LogP contribution in [0, 0.1) is 0 Å². The Hall–Kier alpha value is -1.44. The molecule has 0 aliphatic heterocycles. The molecule has 1 aromatic carbocycles. The highest BCUT2D eigenvalue weighted by atomic mass is 16.1. The zero-order valence-electron chi connectivity index (χ0n) is 9.45. The largest absolute Gasteiger partial charge is 0.307 e. The van der Waals surface area contributed by atoms with Crippen LogP contribution in [-0.2, 0) is 16.0 Å². The summed E-state index contributed by atoms with van der Waals surface area (Å²) in [5, 5.41) is 0. The lowest BCUT2D eigenvalue weighted by atomic mass is 10.1. The monoisotopic (exact) mass is 208 g/mol. The summed E-state index contributed by atoms with van der Waals surface area (Å²) in [6.07, 6.45) is 5.25. The van der Waals surface area contributed by atoms with Gasteiger partial charge >= 0.3 is 0 Å². The first kappa shape index (κ1) is 16.0. The van der Waals surface area contributed by atoms with E-state index in [0.29, 0.717) is 0 Å². The van der Waals surface area contributed by atoms with E-state index in [2.05, 4.69) is 37.3 Å². The van der Waals surface area contributed by atoms with Gasteiger partial charge in [-0.3, -0.25) is 0 Å². The quantitative estimate of drug-likeness (QED) is 0.713. The Kier molecular flexibility index (Phi) is 16.1. The second-order valence-electron chi connectivity index (χ2n) is 2.94. The molecule has 15 heavy (non-hydrogen) atoms. The van der Waals surface area contributed by atoms with Crippen molar-refractivity contribution in [2.45, 2.75) is 32.6 Å². The molecule has 84 valence electrons. The molecule has 0 bridgehead atoms. The predicted molar refractivity (Wildman–Crippen MR) is 63.9 cm³/mol. The van der Waals surface area contributed by atoms with Crippen LogP contribution < -0.4 is 0 Å². The Labute approximate surface area is 92.3 Å². The van der Waals surface area contributed by atoms with Crippen LogP contribution in [0.5, 0.6) is 0 Å². The van der Waals surface area contributed by atoms with E-state index in [1.54, 1.807) is 0 Å². The van der Waals surface area contributed by atoms with E-state index >= 15 is 0 Å². The van der Waals surface area contributed by atoms with Crippen LogP contribution >= 0.6 is 0 Å². The maximum absolute atomic E-state index is 8.00. The molecule has 0 saturated carbocycles. The van der Waals surface area contributed by atoms with Crippen molar-refractivity contribution in [3.63, 3.8) is 0 Å². The minimum Gasteiger partial charge on any atom is -0.307 e. The number of carbonyl (C=O) groups excluding carboxylic acids is 2. The van der Waals surface area contributed by atoms with Crippen LogP contribution in [0.15, 0.2) is 30.3 Å². The van der Waals surface area contributed by atoms with Gasteiger partial charge in [-0.25, -0.2) is 0 Å². The molecule has 2 heteroatoms. The van der Waals surface area contributed by atoms with Gasteiger partial charge in [0.2, 0.25) is 0 Å². The van der Waals surface area contributed by atoms with Gasteiger partial charge in [0.15, 0.2) is 0 Å². The van der Waals surface area contributed by atoms with Crippen LogP contribution in [0.25, 0.3) is 0 Å². The molecule has 2 nitrogen and oxygen atoms in total. The van der Waals surface area contributed by atoms with Gasteiger partial charge in [-0.05, 0) is 18.4 Å². The predicted octanol–water partition coefficient (Wildman–Crippen LogP) is 3.05. The Bertz CT molecular complexity index is 207. The smallest absolute Gasteiger partial charge is 0.106 e. The summed E-state index contributed by atoms with van der Waals surface area (Å²) < 4.78 is 0. The number of carbonyl (C=O) groups is 2. The Morgan fingerprint density at radius 2 is 1.47 bits per heavy atom. The van der Waals surface area contributed by atoms with E-state index in [9.17, 15) is 0 Å². The molecule has 0 N–H and O–H groups in total. The SMILES string of the molecule is C=O.C=O.CCCCCc1ccccc1. The second kappa shape index (κ2) is 15.1. The number of hydrogen-bond acceptors (Lipinski definition) is 2. The minimum atomic E-state index is 1.24. The fourth-order valence-electron chi connectivity index (χ4n) is 1.22. The molecule has 0 spiro atoms. The number of benzene rings is 1. The van der Waals surface area contributed by atoms with E-state index < -0.39 is 0 Å². The zero-order valence-corrected chi connectivity index (χ0v) is 9.45. The number of rotatable bonds is 4. The molecule has 1 rings (SSSR count). The first-order valence-corrected chi connectivity index (χ1v) is 5.05. The van der Waals surface area contributed by atoms with Gasteiger partial charge in [0, 0.05) is 0 Å². The molecule has 0 heterocycles. The molecule has 0 radical (unpaired) electrons. The molecule has 0 aromatic heterocycles. The topological polar surface area (TPSA) is 34.1 Å². The highest BCUT2D eigenvalue weighted by molar-refractivity contribution is 5.14. The molecule has 0 atom stereocenters. The highest BCUT2D eigenvalue weighted by Crippen LogP contribution is 2.05. The molecule has 0 aliphatic carbocycles.